The highest BCUT2D eigenvalue weighted by Gasteiger charge is 2.13. The largest absolute Gasteiger partial charge is 0.493 e. The third kappa shape index (κ3) is 2.64. The second-order valence-corrected chi connectivity index (χ2v) is 4.94. The van der Waals surface area contributed by atoms with Crippen LogP contribution in [0.15, 0.2) is 36.5 Å². The van der Waals surface area contributed by atoms with Crippen molar-refractivity contribution in [1.82, 2.24) is 4.98 Å². The van der Waals surface area contributed by atoms with E-state index in [4.69, 9.17) is 10.5 Å². The van der Waals surface area contributed by atoms with Crippen molar-refractivity contribution >= 4 is 11.5 Å². The number of ketones is 1. The number of nitrogens with two attached hydrogens (primary N) is 1. The summed E-state index contributed by atoms with van der Waals surface area (Å²) in [5, 5.41) is 0. The molecule has 1 aliphatic rings. The van der Waals surface area contributed by atoms with Gasteiger partial charge in [-0.05, 0) is 35.7 Å². The first-order valence-electron chi connectivity index (χ1n) is 6.72. The van der Waals surface area contributed by atoms with Crippen LogP contribution >= 0.6 is 0 Å². The molecule has 1 aromatic heterocycles. The predicted octanol–water partition coefficient (Wildman–Crippen LogP) is 2.41. The number of rotatable bonds is 4. The van der Waals surface area contributed by atoms with Crippen LogP contribution in [0.5, 0.6) is 5.75 Å². The first-order chi connectivity index (χ1) is 9.72. The molecule has 0 spiro atoms. The topological polar surface area (TPSA) is 65.2 Å². The molecule has 2 aromatic rings. The second kappa shape index (κ2) is 5.33. The number of benzene rings is 1. The number of ether oxygens (including phenoxy) is 1. The van der Waals surface area contributed by atoms with Crippen molar-refractivity contribution in [1.29, 1.82) is 0 Å². The number of nitrogens with zero attached hydrogens (tertiary/aromatic N) is 1. The van der Waals surface area contributed by atoms with Crippen LogP contribution in [0.2, 0.25) is 0 Å². The third-order valence-electron chi connectivity index (χ3n) is 3.47. The fourth-order valence-electron chi connectivity index (χ4n) is 2.35. The molecule has 1 aliphatic heterocycles. The number of anilines is 1. The number of carbonyl (C=O) groups is 1. The molecule has 0 fully saturated rings. The van der Waals surface area contributed by atoms with Crippen molar-refractivity contribution in [3.05, 3.63) is 53.3 Å². The highest BCUT2D eigenvalue weighted by atomic mass is 16.5. The Morgan fingerprint density at radius 1 is 1.30 bits per heavy atom. The standard InChI is InChI=1S/C16H16N2O2/c17-13-3-4-14(18-10-13)15(19)5-1-11-2-6-16-12(9-11)7-8-20-16/h2-4,6,9-10H,1,5,7-8,17H2. The highest BCUT2D eigenvalue weighted by molar-refractivity contribution is 5.94. The molecule has 102 valence electrons. The van der Waals surface area contributed by atoms with Crippen LogP contribution in [-0.2, 0) is 12.8 Å². The minimum absolute atomic E-state index is 0.0433. The van der Waals surface area contributed by atoms with E-state index in [1.165, 1.54) is 11.8 Å². The SMILES string of the molecule is Nc1ccc(C(=O)CCc2ccc3c(c2)CCO3)nc1. The molecular formula is C16H16N2O2. The molecule has 1 aromatic carbocycles. The fourth-order valence-corrected chi connectivity index (χ4v) is 2.35. The quantitative estimate of drug-likeness (QED) is 0.865. The Balaban J connectivity index is 1.64. The van der Waals surface area contributed by atoms with Gasteiger partial charge >= 0.3 is 0 Å². The molecule has 0 unspecified atom stereocenters. The van der Waals surface area contributed by atoms with Gasteiger partial charge in [0.15, 0.2) is 5.78 Å². The van der Waals surface area contributed by atoms with E-state index in [9.17, 15) is 4.79 Å². The van der Waals surface area contributed by atoms with Crippen molar-refractivity contribution in [3.8, 4) is 5.75 Å². The molecule has 4 heteroatoms. The van der Waals surface area contributed by atoms with Crippen molar-refractivity contribution in [2.75, 3.05) is 12.3 Å². The number of hydrogen-bond acceptors (Lipinski definition) is 4. The van der Waals surface area contributed by atoms with Crippen molar-refractivity contribution < 1.29 is 9.53 Å². The smallest absolute Gasteiger partial charge is 0.181 e. The van der Waals surface area contributed by atoms with Gasteiger partial charge in [-0.2, -0.15) is 0 Å². The maximum Gasteiger partial charge on any atom is 0.181 e. The van der Waals surface area contributed by atoms with Gasteiger partial charge in [0.2, 0.25) is 0 Å². The lowest BCUT2D eigenvalue weighted by atomic mass is 10.0. The summed E-state index contributed by atoms with van der Waals surface area (Å²) in [6.07, 6.45) is 3.64. The van der Waals surface area contributed by atoms with E-state index in [1.54, 1.807) is 12.1 Å². The third-order valence-corrected chi connectivity index (χ3v) is 3.47. The number of aryl methyl sites for hydroxylation is 1. The maximum absolute atomic E-state index is 12.0. The number of pyridine rings is 1. The summed E-state index contributed by atoms with van der Waals surface area (Å²) in [4.78, 5) is 16.1. The zero-order valence-electron chi connectivity index (χ0n) is 11.1. The van der Waals surface area contributed by atoms with Crippen LogP contribution in [0.1, 0.15) is 28.0 Å². The van der Waals surface area contributed by atoms with Crippen LogP contribution in [0.25, 0.3) is 0 Å². The average molecular weight is 268 g/mol. The molecular weight excluding hydrogens is 252 g/mol. The number of fused-ring (bicyclic) bond motifs is 1. The molecule has 0 atom stereocenters. The van der Waals surface area contributed by atoms with E-state index in [-0.39, 0.29) is 5.78 Å². The van der Waals surface area contributed by atoms with Crippen LogP contribution in [-0.4, -0.2) is 17.4 Å². The van der Waals surface area contributed by atoms with Gasteiger partial charge < -0.3 is 10.5 Å². The first-order valence-corrected chi connectivity index (χ1v) is 6.72. The van der Waals surface area contributed by atoms with Crippen molar-refractivity contribution in [2.24, 2.45) is 0 Å². The Morgan fingerprint density at radius 2 is 2.20 bits per heavy atom. The van der Waals surface area contributed by atoms with Gasteiger partial charge in [-0.15, -0.1) is 0 Å². The Labute approximate surface area is 117 Å². The van der Waals surface area contributed by atoms with Gasteiger partial charge in [-0.1, -0.05) is 12.1 Å². The molecule has 0 bridgehead atoms. The molecule has 3 rings (SSSR count). The van der Waals surface area contributed by atoms with Gasteiger partial charge in [0.05, 0.1) is 18.5 Å². The lowest BCUT2D eigenvalue weighted by Crippen LogP contribution is -2.04. The molecule has 0 saturated carbocycles. The minimum atomic E-state index is 0.0433. The van der Waals surface area contributed by atoms with Gasteiger partial charge in [-0.3, -0.25) is 9.78 Å². The summed E-state index contributed by atoms with van der Waals surface area (Å²) in [5.41, 5.74) is 9.00. The van der Waals surface area contributed by atoms with Gasteiger partial charge in [0.1, 0.15) is 11.4 Å². The van der Waals surface area contributed by atoms with Crippen molar-refractivity contribution in [3.63, 3.8) is 0 Å². The summed E-state index contributed by atoms with van der Waals surface area (Å²) in [6, 6.07) is 9.52. The predicted molar refractivity (Wildman–Crippen MR) is 76.9 cm³/mol. The molecule has 0 aliphatic carbocycles. The van der Waals surface area contributed by atoms with E-state index in [0.29, 0.717) is 17.8 Å². The molecule has 0 radical (unpaired) electrons. The Bertz CT molecular complexity index is 635. The lowest BCUT2D eigenvalue weighted by molar-refractivity contribution is 0.0978. The molecule has 4 nitrogen and oxygen atoms in total. The molecule has 0 amide bonds. The summed E-state index contributed by atoms with van der Waals surface area (Å²) < 4.78 is 5.47. The zero-order chi connectivity index (χ0) is 13.9. The zero-order valence-corrected chi connectivity index (χ0v) is 11.1. The molecule has 2 heterocycles. The Hall–Kier alpha value is -2.36. The maximum atomic E-state index is 12.0. The normalized spacial score (nSPS) is 12.8. The van der Waals surface area contributed by atoms with E-state index in [0.717, 1.165) is 30.8 Å². The summed E-state index contributed by atoms with van der Waals surface area (Å²) in [7, 11) is 0. The first kappa shape index (κ1) is 12.7. The van der Waals surface area contributed by atoms with E-state index in [2.05, 4.69) is 11.1 Å². The van der Waals surface area contributed by atoms with Crippen LogP contribution in [0.4, 0.5) is 5.69 Å². The molecule has 20 heavy (non-hydrogen) atoms. The van der Waals surface area contributed by atoms with Gasteiger partial charge in [-0.25, -0.2) is 0 Å². The fraction of sp³-hybridized carbons (Fsp3) is 0.250. The lowest BCUT2D eigenvalue weighted by Gasteiger charge is -2.04. The van der Waals surface area contributed by atoms with Crippen molar-refractivity contribution in [2.45, 2.75) is 19.3 Å². The van der Waals surface area contributed by atoms with E-state index in [1.807, 2.05) is 12.1 Å². The number of aromatic nitrogens is 1. The van der Waals surface area contributed by atoms with Crippen LogP contribution < -0.4 is 10.5 Å². The number of nitrogen functional groups attached to an aromatic ring is 1. The number of hydrogen-bond donors (Lipinski definition) is 1. The van der Waals surface area contributed by atoms with Gasteiger partial charge in [0.25, 0.3) is 0 Å². The van der Waals surface area contributed by atoms with Gasteiger partial charge in [0, 0.05) is 12.8 Å². The monoisotopic (exact) mass is 268 g/mol. The van der Waals surface area contributed by atoms with E-state index < -0.39 is 0 Å². The summed E-state index contributed by atoms with van der Waals surface area (Å²) in [6.45, 7) is 0.757. The van der Waals surface area contributed by atoms with E-state index >= 15 is 0 Å². The Morgan fingerprint density at radius 3 is 3.00 bits per heavy atom. The second-order valence-electron chi connectivity index (χ2n) is 4.94. The summed E-state index contributed by atoms with van der Waals surface area (Å²) >= 11 is 0. The Kier molecular flexibility index (Phi) is 3.37. The average Bonchev–Trinajstić information content (AvgIpc) is 2.93. The molecule has 2 N–H and O–H groups in total. The summed E-state index contributed by atoms with van der Waals surface area (Å²) in [5.74, 6) is 1.02. The van der Waals surface area contributed by atoms with Crippen LogP contribution in [0, 0.1) is 0 Å². The molecule has 0 saturated heterocycles. The highest BCUT2D eigenvalue weighted by Crippen LogP contribution is 2.26. The number of Topliss-reactive ketones (excluding diaryl/α,β-unsaturated/α-hetero) is 1. The van der Waals surface area contributed by atoms with Crippen LogP contribution in [0.3, 0.4) is 0 Å². The number of carbonyl (C=O) groups excluding carboxylic acids is 1. The minimum Gasteiger partial charge on any atom is -0.493 e.